The van der Waals surface area contributed by atoms with Crippen LogP contribution >= 0.6 is 0 Å². The second-order valence-electron chi connectivity index (χ2n) is 5.55. The van der Waals surface area contributed by atoms with Gasteiger partial charge in [-0.2, -0.15) is 13.2 Å². The van der Waals surface area contributed by atoms with Gasteiger partial charge in [0, 0.05) is 0 Å². The van der Waals surface area contributed by atoms with Crippen LogP contribution in [-0.2, 0) is 15.7 Å². The maximum atomic E-state index is 13.0. The first-order valence-electron chi connectivity index (χ1n) is 8.15. The van der Waals surface area contributed by atoms with Crippen molar-refractivity contribution in [1.29, 1.82) is 0 Å². The SMILES string of the molecule is COc1ccc(C(=O)OCC(=O)Nc2ccccc2C(F)(F)F)c(OC)c1OC. The molecular formula is C19H18F3NO6. The zero-order valence-electron chi connectivity index (χ0n) is 15.8. The van der Waals surface area contributed by atoms with Gasteiger partial charge in [0.2, 0.25) is 5.75 Å². The molecule has 2 aromatic carbocycles. The summed E-state index contributed by atoms with van der Waals surface area (Å²) >= 11 is 0. The Balaban J connectivity index is 2.12. The van der Waals surface area contributed by atoms with Crippen molar-refractivity contribution in [3.63, 3.8) is 0 Å². The summed E-state index contributed by atoms with van der Waals surface area (Å²) in [5.41, 5.74) is -1.50. The molecule has 0 aliphatic heterocycles. The van der Waals surface area contributed by atoms with Crippen LogP contribution in [0.1, 0.15) is 15.9 Å². The molecule has 0 bridgehead atoms. The zero-order chi connectivity index (χ0) is 21.6. The Labute approximate surface area is 164 Å². The molecule has 0 aliphatic rings. The number of benzene rings is 2. The van der Waals surface area contributed by atoms with Crippen LogP contribution < -0.4 is 19.5 Å². The number of esters is 1. The van der Waals surface area contributed by atoms with E-state index >= 15 is 0 Å². The van der Waals surface area contributed by atoms with Crippen LogP contribution in [0.15, 0.2) is 36.4 Å². The third kappa shape index (κ3) is 5.09. The van der Waals surface area contributed by atoms with Crippen LogP contribution in [0.5, 0.6) is 17.2 Å². The van der Waals surface area contributed by atoms with Crippen molar-refractivity contribution in [3.05, 3.63) is 47.5 Å². The van der Waals surface area contributed by atoms with E-state index in [-0.39, 0.29) is 17.1 Å². The van der Waals surface area contributed by atoms with Gasteiger partial charge in [0.05, 0.1) is 32.6 Å². The number of anilines is 1. The average Bonchev–Trinajstić information content (AvgIpc) is 2.70. The minimum atomic E-state index is -4.65. The molecule has 2 rings (SSSR count). The Morgan fingerprint density at radius 1 is 0.931 bits per heavy atom. The zero-order valence-corrected chi connectivity index (χ0v) is 15.8. The summed E-state index contributed by atoms with van der Waals surface area (Å²) in [4.78, 5) is 24.3. The van der Waals surface area contributed by atoms with E-state index in [1.807, 2.05) is 0 Å². The lowest BCUT2D eigenvalue weighted by Crippen LogP contribution is -2.23. The maximum absolute atomic E-state index is 13.0. The lowest BCUT2D eigenvalue weighted by atomic mass is 10.1. The van der Waals surface area contributed by atoms with Crippen molar-refractivity contribution < 1.29 is 41.7 Å². The number of carbonyl (C=O) groups is 2. The molecule has 0 saturated carbocycles. The monoisotopic (exact) mass is 413 g/mol. The molecule has 156 valence electrons. The molecule has 0 aliphatic carbocycles. The molecule has 0 radical (unpaired) electrons. The molecule has 0 aromatic heterocycles. The number of halogens is 3. The number of methoxy groups -OCH3 is 3. The van der Waals surface area contributed by atoms with Gasteiger partial charge in [-0.25, -0.2) is 4.79 Å². The van der Waals surface area contributed by atoms with Crippen molar-refractivity contribution in [2.75, 3.05) is 33.3 Å². The van der Waals surface area contributed by atoms with Crippen LogP contribution in [0, 0.1) is 0 Å². The quantitative estimate of drug-likeness (QED) is 0.700. The highest BCUT2D eigenvalue weighted by molar-refractivity contribution is 5.98. The van der Waals surface area contributed by atoms with Crippen LogP contribution in [0.25, 0.3) is 0 Å². The van der Waals surface area contributed by atoms with Gasteiger partial charge in [0.15, 0.2) is 18.1 Å². The maximum Gasteiger partial charge on any atom is 0.418 e. The number of nitrogens with one attached hydrogen (secondary N) is 1. The Bertz CT molecular complexity index is 898. The van der Waals surface area contributed by atoms with E-state index in [0.29, 0.717) is 5.75 Å². The van der Waals surface area contributed by atoms with Gasteiger partial charge in [0.1, 0.15) is 5.56 Å². The molecule has 0 heterocycles. The molecule has 1 N–H and O–H groups in total. The third-order valence-electron chi connectivity index (χ3n) is 3.77. The normalized spacial score (nSPS) is 10.8. The molecule has 2 aromatic rings. The fraction of sp³-hybridized carbons (Fsp3) is 0.263. The number of hydrogen-bond acceptors (Lipinski definition) is 6. The van der Waals surface area contributed by atoms with Gasteiger partial charge >= 0.3 is 12.1 Å². The second-order valence-corrected chi connectivity index (χ2v) is 5.55. The minimum Gasteiger partial charge on any atom is -0.493 e. The van der Waals surface area contributed by atoms with Crippen LogP contribution in [-0.4, -0.2) is 39.8 Å². The topological polar surface area (TPSA) is 83.1 Å². The number of ether oxygens (including phenoxy) is 4. The minimum absolute atomic E-state index is 0.0275. The van der Waals surface area contributed by atoms with Gasteiger partial charge in [-0.3, -0.25) is 4.79 Å². The van der Waals surface area contributed by atoms with Crippen molar-refractivity contribution in [1.82, 2.24) is 0 Å². The fourth-order valence-corrected chi connectivity index (χ4v) is 2.50. The predicted octanol–water partition coefficient (Wildman–Crippen LogP) is 3.53. The Hall–Kier alpha value is -3.43. The lowest BCUT2D eigenvalue weighted by Gasteiger charge is -2.15. The van der Waals surface area contributed by atoms with E-state index < -0.39 is 35.9 Å². The highest BCUT2D eigenvalue weighted by atomic mass is 19.4. The molecule has 0 spiro atoms. The highest BCUT2D eigenvalue weighted by Gasteiger charge is 2.33. The first-order valence-corrected chi connectivity index (χ1v) is 8.15. The Morgan fingerprint density at radius 2 is 1.59 bits per heavy atom. The molecule has 0 atom stereocenters. The first-order chi connectivity index (χ1) is 13.7. The Morgan fingerprint density at radius 3 is 2.17 bits per heavy atom. The van der Waals surface area contributed by atoms with Gasteiger partial charge in [-0.05, 0) is 24.3 Å². The number of rotatable bonds is 7. The molecule has 0 fully saturated rings. The van der Waals surface area contributed by atoms with E-state index in [4.69, 9.17) is 18.9 Å². The van der Waals surface area contributed by atoms with E-state index in [0.717, 1.165) is 12.1 Å². The van der Waals surface area contributed by atoms with Crippen molar-refractivity contribution in [2.45, 2.75) is 6.18 Å². The van der Waals surface area contributed by atoms with Crippen molar-refractivity contribution in [2.24, 2.45) is 0 Å². The summed E-state index contributed by atoms with van der Waals surface area (Å²) in [6.45, 7) is -0.803. The summed E-state index contributed by atoms with van der Waals surface area (Å²) in [6.07, 6.45) is -4.65. The fourth-order valence-electron chi connectivity index (χ4n) is 2.50. The molecule has 10 heteroatoms. The summed E-state index contributed by atoms with van der Waals surface area (Å²) < 4.78 is 59.2. The standard InChI is InChI=1S/C19H18F3NO6/c1-26-14-9-8-11(16(27-2)17(14)28-3)18(25)29-10-15(24)23-13-7-5-4-6-12(13)19(20,21)22/h4-9H,10H2,1-3H3,(H,23,24). The summed E-state index contributed by atoms with van der Waals surface area (Å²) in [5, 5.41) is 2.08. The van der Waals surface area contributed by atoms with E-state index in [2.05, 4.69) is 5.32 Å². The van der Waals surface area contributed by atoms with Crippen molar-refractivity contribution in [3.8, 4) is 17.2 Å². The largest absolute Gasteiger partial charge is 0.493 e. The molecule has 7 nitrogen and oxygen atoms in total. The predicted molar refractivity (Wildman–Crippen MR) is 96.5 cm³/mol. The third-order valence-corrected chi connectivity index (χ3v) is 3.77. The lowest BCUT2D eigenvalue weighted by molar-refractivity contribution is -0.137. The smallest absolute Gasteiger partial charge is 0.418 e. The van der Waals surface area contributed by atoms with Crippen LogP contribution in [0.4, 0.5) is 18.9 Å². The molecule has 1 amide bonds. The summed E-state index contributed by atoms with van der Waals surface area (Å²) in [5.74, 6) is -1.38. The number of alkyl halides is 3. The summed E-state index contributed by atoms with van der Waals surface area (Å²) in [7, 11) is 4.05. The number of hydrogen-bond donors (Lipinski definition) is 1. The van der Waals surface area contributed by atoms with Gasteiger partial charge in [-0.15, -0.1) is 0 Å². The second kappa shape index (κ2) is 9.18. The van der Waals surface area contributed by atoms with E-state index in [1.54, 1.807) is 0 Å². The number of amides is 1. The van der Waals surface area contributed by atoms with E-state index in [9.17, 15) is 22.8 Å². The van der Waals surface area contributed by atoms with Crippen molar-refractivity contribution >= 4 is 17.6 Å². The van der Waals surface area contributed by atoms with Gasteiger partial charge < -0.3 is 24.3 Å². The first kappa shape index (κ1) is 21.9. The van der Waals surface area contributed by atoms with Crippen LogP contribution in [0.2, 0.25) is 0 Å². The van der Waals surface area contributed by atoms with Gasteiger partial charge in [0.25, 0.3) is 5.91 Å². The summed E-state index contributed by atoms with van der Waals surface area (Å²) in [6, 6.07) is 7.25. The molecular weight excluding hydrogens is 395 g/mol. The van der Waals surface area contributed by atoms with Crippen LogP contribution in [0.3, 0.4) is 0 Å². The number of carbonyl (C=O) groups excluding carboxylic acids is 2. The molecule has 29 heavy (non-hydrogen) atoms. The average molecular weight is 413 g/mol. The highest BCUT2D eigenvalue weighted by Crippen LogP contribution is 2.40. The Kier molecular flexibility index (Phi) is 6.92. The van der Waals surface area contributed by atoms with Gasteiger partial charge in [-0.1, -0.05) is 12.1 Å². The molecule has 0 saturated heterocycles. The number of para-hydroxylation sites is 1. The molecule has 0 unspecified atom stereocenters. The van der Waals surface area contributed by atoms with E-state index in [1.165, 1.54) is 45.6 Å².